The van der Waals surface area contributed by atoms with Gasteiger partial charge in [-0.05, 0) is 29.5 Å². The van der Waals surface area contributed by atoms with E-state index in [9.17, 15) is 0 Å². The summed E-state index contributed by atoms with van der Waals surface area (Å²) in [6, 6.07) is 8.43. The third kappa shape index (κ3) is 4.71. The van der Waals surface area contributed by atoms with Crippen molar-refractivity contribution in [1.29, 1.82) is 0 Å². The predicted molar refractivity (Wildman–Crippen MR) is 78.2 cm³/mol. The molecule has 1 nitrogen and oxygen atoms in total. The number of alkyl halides is 1. The van der Waals surface area contributed by atoms with Crippen molar-refractivity contribution in [1.82, 2.24) is 0 Å². The second-order valence-corrected chi connectivity index (χ2v) is 6.16. The molecule has 0 bridgehead atoms. The maximum atomic E-state index is 5.86. The summed E-state index contributed by atoms with van der Waals surface area (Å²) in [5.41, 5.74) is 1.50. The van der Waals surface area contributed by atoms with Crippen LogP contribution < -0.4 is 4.74 Å². The highest BCUT2D eigenvalue weighted by Gasteiger charge is 2.14. The zero-order chi connectivity index (χ0) is 12.9. The lowest BCUT2D eigenvalue weighted by Crippen LogP contribution is -2.14. The normalized spacial score (nSPS) is 13.5. The van der Waals surface area contributed by atoms with Crippen LogP contribution in [0.3, 0.4) is 0 Å². The lowest BCUT2D eigenvalue weighted by Gasteiger charge is -2.20. The molecule has 0 aliphatic rings. The first kappa shape index (κ1) is 14.6. The van der Waals surface area contributed by atoms with Crippen molar-refractivity contribution in [2.45, 2.75) is 39.5 Å². The molecule has 1 aromatic rings. The van der Waals surface area contributed by atoms with Crippen LogP contribution in [-0.2, 0) is 5.41 Å². The van der Waals surface area contributed by atoms with Gasteiger partial charge in [0.2, 0.25) is 0 Å². The Morgan fingerprint density at radius 3 is 2.53 bits per heavy atom. The molecule has 0 aromatic heterocycles. The summed E-state index contributed by atoms with van der Waals surface area (Å²) in [6.45, 7) is 9.65. The highest BCUT2D eigenvalue weighted by Crippen LogP contribution is 2.25. The number of hydrogen-bond donors (Lipinski definition) is 0. The fraction of sp³-hybridized carbons (Fsp3) is 0.600. The van der Waals surface area contributed by atoms with E-state index in [1.165, 1.54) is 5.56 Å². The summed E-state index contributed by atoms with van der Waals surface area (Å²) in [4.78, 5) is 0. The largest absolute Gasteiger partial charge is 0.493 e. The van der Waals surface area contributed by atoms with Crippen LogP contribution in [0.25, 0.3) is 0 Å². The number of rotatable bonds is 5. The minimum absolute atomic E-state index is 0.180. The molecule has 0 N–H and O–H groups in total. The molecule has 0 aliphatic heterocycles. The maximum Gasteiger partial charge on any atom is 0.119 e. The fourth-order valence-corrected chi connectivity index (χ4v) is 2.18. The Morgan fingerprint density at radius 2 is 2.00 bits per heavy atom. The van der Waals surface area contributed by atoms with Crippen molar-refractivity contribution in [2.75, 3.05) is 11.9 Å². The van der Waals surface area contributed by atoms with Gasteiger partial charge >= 0.3 is 0 Å². The number of ether oxygens (including phenoxy) is 1. The van der Waals surface area contributed by atoms with E-state index in [0.29, 0.717) is 5.92 Å². The van der Waals surface area contributed by atoms with Gasteiger partial charge in [-0.3, -0.25) is 0 Å². The van der Waals surface area contributed by atoms with Gasteiger partial charge in [0.25, 0.3) is 0 Å². The lowest BCUT2D eigenvalue weighted by atomic mass is 9.87. The quantitative estimate of drug-likeness (QED) is 0.711. The van der Waals surface area contributed by atoms with Crippen LogP contribution >= 0.6 is 15.9 Å². The van der Waals surface area contributed by atoms with E-state index in [2.05, 4.69) is 61.8 Å². The minimum atomic E-state index is 0.180. The molecule has 0 radical (unpaired) electrons. The Balaban J connectivity index is 2.66. The van der Waals surface area contributed by atoms with Gasteiger partial charge in [0.15, 0.2) is 0 Å². The van der Waals surface area contributed by atoms with Crippen molar-refractivity contribution < 1.29 is 4.74 Å². The third-order valence-electron chi connectivity index (χ3n) is 2.98. The first-order chi connectivity index (χ1) is 7.97. The summed E-state index contributed by atoms with van der Waals surface area (Å²) < 4.78 is 5.86. The Hall–Kier alpha value is -0.500. The van der Waals surface area contributed by atoms with Crippen molar-refractivity contribution >= 4 is 15.9 Å². The molecule has 0 saturated carbocycles. The highest BCUT2D eigenvalue weighted by molar-refractivity contribution is 9.09. The molecule has 0 heterocycles. The molecular weight excluding hydrogens is 276 g/mol. The minimum Gasteiger partial charge on any atom is -0.493 e. The summed E-state index contributed by atoms with van der Waals surface area (Å²) in [6.07, 6.45) is 1.14. The first-order valence-electron chi connectivity index (χ1n) is 6.26. The molecule has 17 heavy (non-hydrogen) atoms. The Kier molecular flexibility index (Phi) is 5.51. The number of hydrogen-bond acceptors (Lipinski definition) is 1. The molecule has 1 unspecified atom stereocenters. The fourth-order valence-electron chi connectivity index (χ4n) is 1.54. The molecule has 1 aromatic carbocycles. The Labute approximate surface area is 114 Å². The predicted octanol–water partition coefficient (Wildman–Crippen LogP) is 4.78. The van der Waals surface area contributed by atoms with Gasteiger partial charge in [0.1, 0.15) is 5.75 Å². The summed E-state index contributed by atoms with van der Waals surface area (Å²) in [5, 5.41) is 1.00. The van der Waals surface area contributed by atoms with Gasteiger partial charge in [0, 0.05) is 11.2 Å². The summed E-state index contributed by atoms with van der Waals surface area (Å²) >= 11 is 3.52. The molecule has 0 saturated heterocycles. The van der Waals surface area contributed by atoms with Crippen LogP contribution in [-0.4, -0.2) is 11.9 Å². The standard InChI is InChI=1S/C15H23BrO/c1-5-12(10-16)11-17-14-8-6-7-13(9-14)15(2,3)4/h6-9,12H,5,10-11H2,1-4H3. The van der Waals surface area contributed by atoms with Gasteiger partial charge < -0.3 is 4.74 Å². The van der Waals surface area contributed by atoms with Gasteiger partial charge in [-0.15, -0.1) is 0 Å². The molecule has 1 rings (SSSR count). The van der Waals surface area contributed by atoms with E-state index < -0.39 is 0 Å². The van der Waals surface area contributed by atoms with Crippen molar-refractivity contribution in [3.8, 4) is 5.75 Å². The van der Waals surface area contributed by atoms with Crippen LogP contribution in [0, 0.1) is 5.92 Å². The summed E-state index contributed by atoms with van der Waals surface area (Å²) in [7, 11) is 0. The molecule has 0 amide bonds. The molecule has 0 spiro atoms. The highest BCUT2D eigenvalue weighted by atomic mass is 79.9. The van der Waals surface area contributed by atoms with Crippen LogP contribution in [0.1, 0.15) is 39.7 Å². The van der Waals surface area contributed by atoms with E-state index in [4.69, 9.17) is 4.74 Å². The Bertz CT molecular complexity index is 337. The van der Waals surface area contributed by atoms with Crippen LogP contribution in [0.2, 0.25) is 0 Å². The second-order valence-electron chi connectivity index (χ2n) is 5.52. The number of benzene rings is 1. The topological polar surface area (TPSA) is 9.23 Å². The molecule has 2 heteroatoms. The van der Waals surface area contributed by atoms with Gasteiger partial charge in [0.05, 0.1) is 6.61 Å². The molecular formula is C15H23BrO. The third-order valence-corrected chi connectivity index (χ3v) is 3.90. The molecule has 0 fully saturated rings. The molecule has 1 atom stereocenters. The Morgan fingerprint density at radius 1 is 1.29 bits per heavy atom. The van der Waals surface area contributed by atoms with E-state index in [1.54, 1.807) is 0 Å². The SMILES string of the molecule is CCC(CBr)COc1cccc(C(C)(C)C)c1. The van der Waals surface area contributed by atoms with Crippen molar-refractivity contribution in [3.05, 3.63) is 29.8 Å². The number of halogens is 1. The monoisotopic (exact) mass is 298 g/mol. The van der Waals surface area contributed by atoms with Crippen molar-refractivity contribution in [3.63, 3.8) is 0 Å². The van der Waals surface area contributed by atoms with Crippen LogP contribution in [0.4, 0.5) is 0 Å². The van der Waals surface area contributed by atoms with E-state index in [-0.39, 0.29) is 5.41 Å². The lowest BCUT2D eigenvalue weighted by molar-refractivity contribution is 0.259. The average molecular weight is 299 g/mol. The zero-order valence-electron chi connectivity index (χ0n) is 11.3. The van der Waals surface area contributed by atoms with E-state index in [1.807, 2.05) is 6.07 Å². The summed E-state index contributed by atoms with van der Waals surface area (Å²) in [5.74, 6) is 1.57. The van der Waals surface area contributed by atoms with Crippen molar-refractivity contribution in [2.24, 2.45) is 5.92 Å². The van der Waals surface area contributed by atoms with Crippen LogP contribution in [0.15, 0.2) is 24.3 Å². The average Bonchev–Trinajstić information content (AvgIpc) is 2.30. The maximum absolute atomic E-state index is 5.86. The first-order valence-corrected chi connectivity index (χ1v) is 7.38. The van der Waals surface area contributed by atoms with Gasteiger partial charge in [-0.2, -0.15) is 0 Å². The smallest absolute Gasteiger partial charge is 0.119 e. The van der Waals surface area contributed by atoms with Gasteiger partial charge in [-0.1, -0.05) is 55.8 Å². The molecule has 0 aliphatic carbocycles. The van der Waals surface area contributed by atoms with Crippen LogP contribution in [0.5, 0.6) is 5.75 Å². The zero-order valence-corrected chi connectivity index (χ0v) is 12.9. The molecule has 96 valence electrons. The second kappa shape index (κ2) is 6.44. The van der Waals surface area contributed by atoms with E-state index in [0.717, 1.165) is 24.1 Å². The van der Waals surface area contributed by atoms with E-state index >= 15 is 0 Å². The van der Waals surface area contributed by atoms with Gasteiger partial charge in [-0.25, -0.2) is 0 Å².